The van der Waals surface area contributed by atoms with E-state index < -0.39 is 11.8 Å². The summed E-state index contributed by atoms with van der Waals surface area (Å²) < 4.78 is 0. The average Bonchev–Trinajstić information content (AvgIpc) is 2.51. The number of carbonyl (C=O) groups excluding carboxylic acids is 2. The number of ketones is 2. The molecule has 0 radical (unpaired) electrons. The van der Waals surface area contributed by atoms with Crippen LogP contribution in [0.1, 0.15) is 47.8 Å². The maximum Gasteiger partial charge on any atom is 0.336 e. The summed E-state index contributed by atoms with van der Waals surface area (Å²) in [6.45, 7) is 3.62. The molecule has 4 heteroatoms. The van der Waals surface area contributed by atoms with Gasteiger partial charge in [0.1, 0.15) is 0 Å². The minimum atomic E-state index is -1.23. The summed E-state index contributed by atoms with van der Waals surface area (Å²) in [5, 5.41) is 9.27. The van der Waals surface area contributed by atoms with Crippen molar-refractivity contribution in [2.75, 3.05) is 0 Å². The molecular weight excluding hydrogens is 268 g/mol. The molecule has 0 amide bonds. The van der Waals surface area contributed by atoms with Crippen LogP contribution in [-0.4, -0.2) is 22.6 Å². The molecule has 0 aromatic heterocycles. The lowest BCUT2D eigenvalue weighted by atomic mass is 9.79. The molecule has 4 nitrogen and oxygen atoms in total. The molecule has 0 fully saturated rings. The van der Waals surface area contributed by atoms with Crippen LogP contribution in [0.2, 0.25) is 0 Å². The predicted molar refractivity (Wildman–Crippen MR) is 76.8 cm³/mol. The SMILES string of the molecule is C=Cc1ccc(C(=O)O)c2c1C(=O)c1ccccc1C2=O. The molecule has 3 rings (SSSR count). The Morgan fingerprint density at radius 1 is 0.952 bits per heavy atom. The van der Waals surface area contributed by atoms with E-state index in [1.807, 2.05) is 0 Å². The summed E-state index contributed by atoms with van der Waals surface area (Å²) in [6, 6.07) is 9.24. The number of rotatable bonds is 2. The van der Waals surface area contributed by atoms with E-state index >= 15 is 0 Å². The largest absolute Gasteiger partial charge is 0.478 e. The van der Waals surface area contributed by atoms with Gasteiger partial charge in [-0.1, -0.05) is 43.0 Å². The Kier molecular flexibility index (Phi) is 2.80. The maximum atomic E-state index is 12.6. The van der Waals surface area contributed by atoms with Gasteiger partial charge >= 0.3 is 5.97 Å². The van der Waals surface area contributed by atoms with Crippen LogP contribution in [0.3, 0.4) is 0 Å². The summed E-state index contributed by atoms with van der Waals surface area (Å²) in [6.07, 6.45) is 1.45. The highest BCUT2D eigenvalue weighted by atomic mass is 16.4. The molecule has 2 aromatic rings. The Labute approximate surface area is 120 Å². The van der Waals surface area contributed by atoms with Crippen molar-refractivity contribution in [2.45, 2.75) is 0 Å². The zero-order valence-corrected chi connectivity index (χ0v) is 10.9. The van der Waals surface area contributed by atoms with E-state index in [9.17, 15) is 19.5 Å². The first-order chi connectivity index (χ1) is 10.1. The van der Waals surface area contributed by atoms with Crippen molar-refractivity contribution >= 4 is 23.6 Å². The van der Waals surface area contributed by atoms with Crippen molar-refractivity contribution in [3.63, 3.8) is 0 Å². The quantitative estimate of drug-likeness (QED) is 0.782. The first kappa shape index (κ1) is 13.0. The molecular formula is C17H10O4. The van der Waals surface area contributed by atoms with E-state index in [2.05, 4.69) is 6.58 Å². The minimum absolute atomic E-state index is 0.0522. The lowest BCUT2D eigenvalue weighted by molar-refractivity contribution is 0.0692. The van der Waals surface area contributed by atoms with Crippen LogP contribution in [0.25, 0.3) is 6.08 Å². The van der Waals surface area contributed by atoms with Gasteiger partial charge in [-0.2, -0.15) is 0 Å². The minimum Gasteiger partial charge on any atom is -0.478 e. The molecule has 0 spiro atoms. The number of aromatic carboxylic acids is 1. The summed E-state index contributed by atoms with van der Waals surface area (Å²) in [5.41, 5.74) is 0.892. The van der Waals surface area contributed by atoms with Gasteiger partial charge in [0.05, 0.1) is 5.56 Å². The molecule has 0 atom stereocenters. The van der Waals surface area contributed by atoms with Gasteiger partial charge in [0.25, 0.3) is 0 Å². The van der Waals surface area contributed by atoms with E-state index in [1.54, 1.807) is 18.2 Å². The fourth-order valence-electron chi connectivity index (χ4n) is 2.60. The lowest BCUT2D eigenvalue weighted by Crippen LogP contribution is -2.24. The van der Waals surface area contributed by atoms with Crippen molar-refractivity contribution in [2.24, 2.45) is 0 Å². The zero-order chi connectivity index (χ0) is 15.1. The van der Waals surface area contributed by atoms with Gasteiger partial charge in [0.2, 0.25) is 0 Å². The highest BCUT2D eigenvalue weighted by Gasteiger charge is 2.34. The Hall–Kier alpha value is -3.01. The van der Waals surface area contributed by atoms with Gasteiger partial charge in [-0.15, -0.1) is 0 Å². The number of carboxylic acid groups (broad SMARTS) is 1. The van der Waals surface area contributed by atoms with E-state index in [0.717, 1.165) is 0 Å². The number of benzene rings is 2. The Bertz CT molecular complexity index is 831. The van der Waals surface area contributed by atoms with Gasteiger partial charge < -0.3 is 5.11 Å². The van der Waals surface area contributed by atoms with Gasteiger partial charge in [-0.25, -0.2) is 4.79 Å². The molecule has 102 valence electrons. The fraction of sp³-hybridized carbons (Fsp3) is 0. The Balaban J connectivity index is 2.43. The number of hydrogen-bond donors (Lipinski definition) is 1. The molecule has 0 aliphatic heterocycles. The highest BCUT2D eigenvalue weighted by Crippen LogP contribution is 2.32. The fourth-order valence-corrected chi connectivity index (χ4v) is 2.60. The van der Waals surface area contributed by atoms with E-state index in [0.29, 0.717) is 11.1 Å². The van der Waals surface area contributed by atoms with Crippen LogP contribution < -0.4 is 0 Å². The summed E-state index contributed by atoms with van der Waals surface area (Å²) >= 11 is 0. The third-order valence-electron chi connectivity index (χ3n) is 3.56. The standard InChI is InChI=1S/C17H10O4/c1-2-9-7-8-12(17(20)21)14-13(9)15(18)10-5-3-4-6-11(10)16(14)19/h2-8H,1H2,(H,20,21). The van der Waals surface area contributed by atoms with Gasteiger partial charge in [0.15, 0.2) is 11.6 Å². The monoisotopic (exact) mass is 278 g/mol. The van der Waals surface area contributed by atoms with Gasteiger partial charge in [-0.3, -0.25) is 9.59 Å². The zero-order valence-electron chi connectivity index (χ0n) is 10.9. The third-order valence-corrected chi connectivity index (χ3v) is 3.56. The lowest BCUT2D eigenvalue weighted by Gasteiger charge is -2.20. The molecule has 0 bridgehead atoms. The third kappa shape index (κ3) is 1.73. The van der Waals surface area contributed by atoms with Crippen LogP contribution in [-0.2, 0) is 0 Å². The van der Waals surface area contributed by atoms with Crippen molar-refractivity contribution in [1.29, 1.82) is 0 Å². The van der Waals surface area contributed by atoms with E-state index in [4.69, 9.17) is 0 Å². The Morgan fingerprint density at radius 3 is 2.05 bits per heavy atom. The van der Waals surface area contributed by atoms with Crippen molar-refractivity contribution < 1.29 is 19.5 Å². The summed E-state index contributed by atoms with van der Waals surface area (Å²) in [4.78, 5) is 36.6. The second kappa shape index (κ2) is 4.52. The molecule has 1 aliphatic carbocycles. The van der Waals surface area contributed by atoms with Crippen molar-refractivity contribution in [1.82, 2.24) is 0 Å². The first-order valence-corrected chi connectivity index (χ1v) is 6.27. The molecule has 1 aliphatic rings. The molecule has 1 N–H and O–H groups in total. The van der Waals surface area contributed by atoms with Crippen molar-refractivity contribution in [3.8, 4) is 0 Å². The first-order valence-electron chi connectivity index (χ1n) is 6.27. The van der Waals surface area contributed by atoms with Crippen molar-refractivity contribution in [3.05, 3.63) is 76.4 Å². The average molecular weight is 278 g/mol. The molecule has 21 heavy (non-hydrogen) atoms. The second-order valence-corrected chi connectivity index (χ2v) is 4.67. The Morgan fingerprint density at radius 2 is 1.52 bits per heavy atom. The van der Waals surface area contributed by atoms with Gasteiger partial charge in [0, 0.05) is 22.3 Å². The molecule has 0 heterocycles. The summed E-state index contributed by atoms with van der Waals surface area (Å²) in [5.74, 6) is -2.03. The predicted octanol–water partition coefficient (Wildman–Crippen LogP) is 2.80. The van der Waals surface area contributed by atoms with Crippen LogP contribution in [0.5, 0.6) is 0 Å². The van der Waals surface area contributed by atoms with Crippen LogP contribution >= 0.6 is 0 Å². The van der Waals surface area contributed by atoms with E-state index in [1.165, 1.54) is 24.3 Å². The molecule has 0 saturated carbocycles. The highest BCUT2D eigenvalue weighted by molar-refractivity contribution is 6.31. The number of hydrogen-bond acceptors (Lipinski definition) is 3. The number of carboxylic acids is 1. The summed E-state index contributed by atoms with van der Waals surface area (Å²) in [7, 11) is 0. The molecule has 0 unspecified atom stereocenters. The second-order valence-electron chi connectivity index (χ2n) is 4.67. The molecule has 0 saturated heterocycles. The smallest absolute Gasteiger partial charge is 0.336 e. The number of carbonyl (C=O) groups is 3. The number of fused-ring (bicyclic) bond motifs is 2. The van der Waals surface area contributed by atoms with Crippen LogP contribution in [0.4, 0.5) is 0 Å². The van der Waals surface area contributed by atoms with E-state index in [-0.39, 0.29) is 28.0 Å². The van der Waals surface area contributed by atoms with Crippen LogP contribution in [0, 0.1) is 0 Å². The van der Waals surface area contributed by atoms with Gasteiger partial charge in [-0.05, 0) is 11.6 Å². The molecule has 2 aromatic carbocycles. The maximum absolute atomic E-state index is 12.6. The normalized spacial score (nSPS) is 12.6. The topological polar surface area (TPSA) is 71.4 Å². The van der Waals surface area contributed by atoms with Crippen LogP contribution in [0.15, 0.2) is 43.0 Å².